The van der Waals surface area contributed by atoms with E-state index in [4.69, 9.17) is 0 Å². The smallest absolute Gasteiger partial charge is 0.255 e. The molecule has 3 rings (SSSR count). The third-order valence-electron chi connectivity index (χ3n) is 5.72. The van der Waals surface area contributed by atoms with E-state index in [9.17, 15) is 9.59 Å². The van der Waals surface area contributed by atoms with Crippen LogP contribution in [0.3, 0.4) is 0 Å². The number of Topliss-reactive ketones (excluding diaryl/α,β-unsaturated/α-hetero) is 1. The molecule has 1 saturated carbocycles. The van der Waals surface area contributed by atoms with Crippen LogP contribution in [0.15, 0.2) is 41.1 Å². The average molecular weight is 326 g/mol. The molecule has 0 aromatic rings. The van der Waals surface area contributed by atoms with Crippen LogP contribution in [0.2, 0.25) is 0 Å². The number of hydrogen-bond acceptors (Lipinski definition) is 3. The molecule has 0 saturated heterocycles. The van der Waals surface area contributed by atoms with Gasteiger partial charge in [0, 0.05) is 5.57 Å². The molecule has 128 valence electrons. The Balaban J connectivity index is 1.74. The minimum Gasteiger partial charge on any atom is -0.292 e. The highest BCUT2D eigenvalue weighted by atomic mass is 16.2. The van der Waals surface area contributed by atoms with Crippen LogP contribution in [0.25, 0.3) is 0 Å². The minimum atomic E-state index is -0.533. The predicted octanol–water partition coefficient (Wildman–Crippen LogP) is 3.80. The molecule has 0 bridgehead atoms. The molecule has 1 atom stereocenters. The number of hydrogen-bond donors (Lipinski definition) is 0. The second kappa shape index (κ2) is 6.88. The first kappa shape index (κ1) is 16.9. The lowest BCUT2D eigenvalue weighted by molar-refractivity contribution is -0.140. The van der Waals surface area contributed by atoms with Crippen molar-refractivity contribution in [3.63, 3.8) is 0 Å². The third kappa shape index (κ3) is 3.02. The van der Waals surface area contributed by atoms with Crippen molar-refractivity contribution in [3.05, 3.63) is 36.0 Å². The van der Waals surface area contributed by atoms with Crippen molar-refractivity contribution in [1.82, 2.24) is 5.01 Å². The first-order chi connectivity index (χ1) is 11.5. The van der Waals surface area contributed by atoms with Gasteiger partial charge in [0.25, 0.3) is 5.91 Å². The van der Waals surface area contributed by atoms with Gasteiger partial charge in [0.05, 0.1) is 11.1 Å². The second-order valence-electron chi connectivity index (χ2n) is 7.20. The zero-order valence-electron chi connectivity index (χ0n) is 14.6. The first-order valence-electron chi connectivity index (χ1n) is 8.97. The third-order valence-corrected chi connectivity index (χ3v) is 5.72. The van der Waals surface area contributed by atoms with Gasteiger partial charge >= 0.3 is 0 Å². The SMILES string of the molecule is CC1=NN(CC(=O)C2=CC=CCC=C2)C(=O)C1(C)C1CCCCC1. The van der Waals surface area contributed by atoms with Crippen LogP contribution in [0.1, 0.15) is 52.4 Å². The van der Waals surface area contributed by atoms with E-state index < -0.39 is 5.41 Å². The summed E-state index contributed by atoms with van der Waals surface area (Å²) in [5.41, 5.74) is 0.960. The van der Waals surface area contributed by atoms with Crippen LogP contribution in [-0.2, 0) is 9.59 Å². The van der Waals surface area contributed by atoms with E-state index >= 15 is 0 Å². The van der Waals surface area contributed by atoms with Gasteiger partial charge < -0.3 is 0 Å². The van der Waals surface area contributed by atoms with Gasteiger partial charge in [0.2, 0.25) is 0 Å². The molecule has 3 aliphatic rings. The summed E-state index contributed by atoms with van der Waals surface area (Å²) < 4.78 is 0. The Morgan fingerprint density at radius 1 is 1.29 bits per heavy atom. The fourth-order valence-corrected chi connectivity index (χ4v) is 4.00. The zero-order chi connectivity index (χ0) is 17.2. The number of nitrogens with zero attached hydrogens (tertiary/aromatic N) is 2. The number of ketones is 1. The summed E-state index contributed by atoms with van der Waals surface area (Å²) in [5.74, 6) is 0.284. The van der Waals surface area contributed by atoms with Gasteiger partial charge in [0.1, 0.15) is 6.54 Å². The van der Waals surface area contributed by atoms with E-state index in [1.807, 2.05) is 44.2 Å². The molecule has 1 unspecified atom stereocenters. The van der Waals surface area contributed by atoms with Crippen molar-refractivity contribution < 1.29 is 9.59 Å². The van der Waals surface area contributed by atoms with E-state index in [2.05, 4.69) is 5.10 Å². The molecule has 2 aliphatic carbocycles. The van der Waals surface area contributed by atoms with Crippen LogP contribution in [0, 0.1) is 11.3 Å². The summed E-state index contributed by atoms with van der Waals surface area (Å²) >= 11 is 0. The van der Waals surface area contributed by atoms with Crippen LogP contribution < -0.4 is 0 Å². The normalized spacial score (nSPS) is 27.9. The molecule has 1 aliphatic heterocycles. The highest BCUT2D eigenvalue weighted by molar-refractivity contribution is 6.12. The molecule has 24 heavy (non-hydrogen) atoms. The van der Waals surface area contributed by atoms with Crippen molar-refractivity contribution in [2.24, 2.45) is 16.4 Å². The van der Waals surface area contributed by atoms with Gasteiger partial charge in [-0.3, -0.25) is 9.59 Å². The monoisotopic (exact) mass is 326 g/mol. The summed E-state index contributed by atoms with van der Waals surface area (Å²) in [6, 6.07) is 0. The highest BCUT2D eigenvalue weighted by Crippen LogP contribution is 2.43. The van der Waals surface area contributed by atoms with E-state index in [-0.39, 0.29) is 18.2 Å². The Kier molecular flexibility index (Phi) is 4.83. The summed E-state index contributed by atoms with van der Waals surface area (Å²) in [7, 11) is 0. The van der Waals surface area contributed by atoms with Crippen molar-refractivity contribution in [2.45, 2.75) is 52.4 Å². The predicted molar refractivity (Wildman–Crippen MR) is 95.5 cm³/mol. The molecule has 0 spiro atoms. The van der Waals surface area contributed by atoms with Crippen LogP contribution in [-0.4, -0.2) is 29.0 Å². The van der Waals surface area contributed by atoms with Crippen molar-refractivity contribution in [2.75, 3.05) is 6.54 Å². The number of amides is 1. The van der Waals surface area contributed by atoms with E-state index in [0.717, 1.165) is 25.0 Å². The maximum atomic E-state index is 13.0. The number of allylic oxidation sites excluding steroid dienone is 5. The Morgan fingerprint density at radius 3 is 2.79 bits per heavy atom. The maximum Gasteiger partial charge on any atom is 0.255 e. The molecule has 0 aromatic heterocycles. The molecular formula is C20H26N2O2. The second-order valence-corrected chi connectivity index (χ2v) is 7.20. The van der Waals surface area contributed by atoms with Gasteiger partial charge in [0.15, 0.2) is 5.78 Å². The van der Waals surface area contributed by atoms with Gasteiger partial charge in [-0.2, -0.15) is 5.10 Å². The lowest BCUT2D eigenvalue weighted by atomic mass is 9.67. The lowest BCUT2D eigenvalue weighted by Crippen LogP contribution is -2.44. The fourth-order valence-electron chi connectivity index (χ4n) is 4.00. The van der Waals surface area contributed by atoms with E-state index in [0.29, 0.717) is 11.5 Å². The molecule has 0 N–H and O–H groups in total. The lowest BCUT2D eigenvalue weighted by Gasteiger charge is -2.35. The summed E-state index contributed by atoms with van der Waals surface area (Å²) in [4.78, 5) is 25.6. The van der Waals surface area contributed by atoms with Crippen LogP contribution >= 0.6 is 0 Å². The number of carbonyl (C=O) groups is 2. The van der Waals surface area contributed by atoms with Crippen LogP contribution in [0.4, 0.5) is 0 Å². The standard InChI is InChI=1S/C20H26N2O2/c1-15-20(2,17-12-8-5-9-13-17)19(24)22(21-15)14-18(23)16-10-6-3-4-7-11-16/h3,6-7,10-11,17H,4-5,8-9,12-14H2,1-2H3. The largest absolute Gasteiger partial charge is 0.292 e. The van der Waals surface area contributed by atoms with Crippen molar-refractivity contribution in [3.8, 4) is 0 Å². The molecule has 4 heteroatoms. The van der Waals surface area contributed by atoms with Gasteiger partial charge in [-0.1, -0.05) is 49.6 Å². The fraction of sp³-hybridized carbons (Fsp3) is 0.550. The molecule has 1 fully saturated rings. The number of hydrazone groups is 1. The van der Waals surface area contributed by atoms with E-state index in [1.165, 1.54) is 24.3 Å². The Morgan fingerprint density at radius 2 is 2.04 bits per heavy atom. The average Bonchev–Trinajstić information content (AvgIpc) is 2.82. The molecule has 0 aromatic carbocycles. The molecule has 4 nitrogen and oxygen atoms in total. The maximum absolute atomic E-state index is 13.0. The molecule has 1 amide bonds. The summed E-state index contributed by atoms with van der Waals surface area (Å²) in [6.07, 6.45) is 16.1. The summed E-state index contributed by atoms with van der Waals surface area (Å²) in [5, 5.41) is 5.86. The molecule has 0 radical (unpaired) electrons. The quantitative estimate of drug-likeness (QED) is 0.789. The topological polar surface area (TPSA) is 49.7 Å². The Hall–Kier alpha value is -1.97. The first-order valence-corrected chi connectivity index (χ1v) is 8.97. The van der Waals surface area contributed by atoms with Gasteiger partial charge in [-0.25, -0.2) is 5.01 Å². The molecular weight excluding hydrogens is 300 g/mol. The Labute approximate surface area is 144 Å². The zero-order valence-corrected chi connectivity index (χ0v) is 14.6. The number of rotatable bonds is 4. The van der Waals surface area contributed by atoms with Gasteiger partial charge in [-0.05, 0) is 39.0 Å². The Bertz CT molecular complexity index is 651. The minimum absolute atomic E-state index is 0.00556. The highest BCUT2D eigenvalue weighted by Gasteiger charge is 2.50. The number of carbonyl (C=O) groups excluding carboxylic acids is 2. The van der Waals surface area contributed by atoms with Crippen molar-refractivity contribution in [1.29, 1.82) is 0 Å². The van der Waals surface area contributed by atoms with E-state index in [1.54, 1.807) is 0 Å². The van der Waals surface area contributed by atoms with Crippen LogP contribution in [0.5, 0.6) is 0 Å². The van der Waals surface area contributed by atoms with Gasteiger partial charge in [-0.15, -0.1) is 0 Å². The molecule has 1 heterocycles. The summed E-state index contributed by atoms with van der Waals surface area (Å²) in [6.45, 7) is 3.98. The van der Waals surface area contributed by atoms with Crippen molar-refractivity contribution >= 4 is 17.4 Å².